The number of phenolic OH excluding ortho intramolecular Hbond substituents is 1. The van der Waals surface area contributed by atoms with Gasteiger partial charge in [0.15, 0.2) is 0 Å². The molecule has 0 fully saturated rings. The van der Waals surface area contributed by atoms with Gasteiger partial charge in [-0.1, -0.05) is 11.6 Å². The molecule has 0 saturated heterocycles. The topological polar surface area (TPSA) is 82.2 Å². The number of aromatic nitrogens is 1. The summed E-state index contributed by atoms with van der Waals surface area (Å²) in [5, 5.41) is 11.9. The average Bonchev–Trinajstić information content (AvgIpc) is 2.32. The van der Waals surface area contributed by atoms with E-state index in [0.29, 0.717) is 5.69 Å². The van der Waals surface area contributed by atoms with Crippen LogP contribution in [0.5, 0.6) is 5.75 Å². The van der Waals surface area contributed by atoms with Crippen molar-refractivity contribution in [1.82, 2.24) is 4.98 Å². The Balaban J connectivity index is 2.24. The smallest absolute Gasteiger partial charge is 0.255 e. The van der Waals surface area contributed by atoms with Gasteiger partial charge in [-0.15, -0.1) is 0 Å². The molecule has 92 valence electrons. The lowest BCUT2D eigenvalue weighted by Crippen LogP contribution is -2.15. The van der Waals surface area contributed by atoms with Crippen LogP contribution in [0.25, 0.3) is 0 Å². The van der Waals surface area contributed by atoms with E-state index in [9.17, 15) is 14.7 Å². The number of carbonyl (C=O) groups is 1. The molecule has 0 bridgehead atoms. The van der Waals surface area contributed by atoms with Crippen molar-refractivity contribution in [3.63, 3.8) is 0 Å². The lowest BCUT2D eigenvalue weighted by molar-refractivity contribution is 0.102. The number of nitrogens with one attached hydrogen (secondary N) is 2. The van der Waals surface area contributed by atoms with Crippen LogP contribution in [0.2, 0.25) is 5.02 Å². The highest BCUT2D eigenvalue weighted by atomic mass is 35.5. The fraction of sp³-hybridized carbons (Fsp3) is 0. The van der Waals surface area contributed by atoms with Crippen LogP contribution in [0.3, 0.4) is 0 Å². The van der Waals surface area contributed by atoms with E-state index in [1.165, 1.54) is 36.5 Å². The highest BCUT2D eigenvalue weighted by Crippen LogP contribution is 2.26. The quantitative estimate of drug-likeness (QED) is 0.726. The number of carbonyl (C=O) groups excluding carboxylic acids is 1. The first-order valence-corrected chi connectivity index (χ1v) is 5.42. The number of aromatic hydroxyl groups is 1. The minimum Gasteiger partial charge on any atom is -0.508 e. The van der Waals surface area contributed by atoms with Gasteiger partial charge in [-0.2, -0.15) is 0 Å². The summed E-state index contributed by atoms with van der Waals surface area (Å²) in [6.45, 7) is 0. The van der Waals surface area contributed by atoms with Crippen molar-refractivity contribution in [2.24, 2.45) is 0 Å². The van der Waals surface area contributed by atoms with Gasteiger partial charge in [-0.05, 0) is 18.2 Å². The summed E-state index contributed by atoms with van der Waals surface area (Å²) >= 11 is 5.85. The van der Waals surface area contributed by atoms with Crippen LogP contribution in [0.1, 0.15) is 10.4 Å². The Morgan fingerprint density at radius 3 is 2.72 bits per heavy atom. The van der Waals surface area contributed by atoms with E-state index < -0.39 is 5.91 Å². The number of hydrogen-bond donors (Lipinski definition) is 3. The normalized spacial score (nSPS) is 10.1. The van der Waals surface area contributed by atoms with Gasteiger partial charge >= 0.3 is 0 Å². The Labute approximate surface area is 107 Å². The molecule has 1 aromatic carbocycles. The average molecular weight is 265 g/mol. The maximum atomic E-state index is 11.8. The SMILES string of the molecule is O=C(Nc1ccc(O)cc1Cl)c1cc[nH]c(=O)c1. The highest BCUT2D eigenvalue weighted by Gasteiger charge is 2.09. The number of hydrogen-bond acceptors (Lipinski definition) is 3. The monoisotopic (exact) mass is 264 g/mol. The third-order valence-corrected chi connectivity index (χ3v) is 2.55. The van der Waals surface area contributed by atoms with Gasteiger partial charge in [0.25, 0.3) is 5.91 Å². The molecule has 18 heavy (non-hydrogen) atoms. The lowest BCUT2D eigenvalue weighted by atomic mass is 10.2. The van der Waals surface area contributed by atoms with Crippen LogP contribution in [0, 0.1) is 0 Å². The Kier molecular flexibility index (Phi) is 3.34. The van der Waals surface area contributed by atoms with Crippen molar-refractivity contribution in [1.29, 1.82) is 0 Å². The molecule has 3 N–H and O–H groups in total. The second-order valence-electron chi connectivity index (χ2n) is 3.56. The molecule has 1 heterocycles. The van der Waals surface area contributed by atoms with E-state index in [0.717, 1.165) is 0 Å². The largest absolute Gasteiger partial charge is 0.508 e. The standard InChI is InChI=1S/C12H9ClN2O3/c13-9-6-8(16)1-2-10(9)15-12(18)7-3-4-14-11(17)5-7/h1-6,16H,(H,14,17)(H,15,18). The Morgan fingerprint density at radius 2 is 2.06 bits per heavy atom. The fourth-order valence-corrected chi connectivity index (χ4v) is 1.61. The molecule has 0 aliphatic heterocycles. The molecular formula is C12H9ClN2O3. The first-order valence-electron chi connectivity index (χ1n) is 5.05. The summed E-state index contributed by atoms with van der Waals surface area (Å²) in [4.78, 5) is 25.3. The molecule has 0 radical (unpaired) electrons. The molecule has 0 aliphatic carbocycles. The molecule has 6 heteroatoms. The number of aromatic amines is 1. The molecule has 5 nitrogen and oxygen atoms in total. The number of H-pyrrole nitrogens is 1. The molecule has 2 rings (SSSR count). The number of anilines is 1. The van der Waals surface area contributed by atoms with Crippen LogP contribution in [0.4, 0.5) is 5.69 Å². The van der Waals surface area contributed by atoms with Crippen molar-refractivity contribution < 1.29 is 9.90 Å². The predicted octanol–water partition coefficient (Wildman–Crippen LogP) is 1.99. The van der Waals surface area contributed by atoms with E-state index in [1.54, 1.807) is 0 Å². The van der Waals surface area contributed by atoms with E-state index >= 15 is 0 Å². The first-order chi connectivity index (χ1) is 8.56. The Morgan fingerprint density at radius 1 is 1.28 bits per heavy atom. The minimum absolute atomic E-state index is 0.00848. The van der Waals surface area contributed by atoms with Crippen molar-refractivity contribution in [2.75, 3.05) is 5.32 Å². The van der Waals surface area contributed by atoms with Gasteiger partial charge < -0.3 is 15.4 Å². The third-order valence-electron chi connectivity index (χ3n) is 2.24. The highest BCUT2D eigenvalue weighted by molar-refractivity contribution is 6.34. The van der Waals surface area contributed by atoms with Crippen molar-refractivity contribution in [3.8, 4) is 5.75 Å². The lowest BCUT2D eigenvalue weighted by Gasteiger charge is -2.07. The van der Waals surface area contributed by atoms with Crippen LogP contribution in [-0.4, -0.2) is 16.0 Å². The zero-order valence-electron chi connectivity index (χ0n) is 9.11. The molecule has 0 unspecified atom stereocenters. The molecule has 0 saturated carbocycles. The molecule has 0 aliphatic rings. The third kappa shape index (κ3) is 2.70. The van der Waals surface area contributed by atoms with Gasteiger partial charge in [0.1, 0.15) is 5.75 Å². The van der Waals surface area contributed by atoms with E-state index in [2.05, 4.69) is 10.3 Å². The van der Waals surface area contributed by atoms with E-state index in [-0.39, 0.29) is 21.9 Å². The maximum absolute atomic E-state index is 11.8. The van der Waals surface area contributed by atoms with Gasteiger partial charge in [-0.3, -0.25) is 9.59 Å². The van der Waals surface area contributed by atoms with Crippen LogP contribution >= 0.6 is 11.6 Å². The maximum Gasteiger partial charge on any atom is 0.255 e. The van der Waals surface area contributed by atoms with Gasteiger partial charge in [0, 0.05) is 23.9 Å². The minimum atomic E-state index is -0.450. The van der Waals surface area contributed by atoms with Crippen molar-refractivity contribution in [3.05, 3.63) is 57.5 Å². The number of pyridine rings is 1. The number of rotatable bonds is 2. The molecule has 0 atom stereocenters. The summed E-state index contributed by atoms with van der Waals surface area (Å²) in [7, 11) is 0. The molecule has 0 spiro atoms. The van der Waals surface area contributed by atoms with Gasteiger partial charge in [-0.25, -0.2) is 0 Å². The number of halogens is 1. The Hall–Kier alpha value is -2.27. The zero-order chi connectivity index (χ0) is 13.1. The summed E-state index contributed by atoms with van der Waals surface area (Å²) in [6.07, 6.45) is 1.38. The number of benzene rings is 1. The fourth-order valence-electron chi connectivity index (χ4n) is 1.39. The van der Waals surface area contributed by atoms with Crippen molar-refractivity contribution in [2.45, 2.75) is 0 Å². The van der Waals surface area contributed by atoms with E-state index in [4.69, 9.17) is 11.6 Å². The summed E-state index contributed by atoms with van der Waals surface area (Å²) < 4.78 is 0. The summed E-state index contributed by atoms with van der Waals surface area (Å²) in [5.74, 6) is -0.442. The molecular weight excluding hydrogens is 256 g/mol. The molecule has 1 amide bonds. The van der Waals surface area contributed by atoms with Gasteiger partial charge in [0.2, 0.25) is 5.56 Å². The van der Waals surface area contributed by atoms with E-state index in [1.807, 2.05) is 0 Å². The second kappa shape index (κ2) is 4.93. The zero-order valence-corrected chi connectivity index (χ0v) is 9.86. The van der Waals surface area contributed by atoms with Gasteiger partial charge in [0.05, 0.1) is 10.7 Å². The van der Waals surface area contributed by atoms with Crippen molar-refractivity contribution >= 4 is 23.2 Å². The van der Waals surface area contributed by atoms with Crippen LogP contribution in [0.15, 0.2) is 41.3 Å². The first kappa shape index (κ1) is 12.2. The van der Waals surface area contributed by atoms with Crippen LogP contribution < -0.4 is 10.9 Å². The Bertz CT molecular complexity index is 652. The number of phenols is 1. The number of amides is 1. The van der Waals surface area contributed by atoms with Crippen LogP contribution in [-0.2, 0) is 0 Å². The predicted molar refractivity (Wildman–Crippen MR) is 68.1 cm³/mol. The molecule has 1 aromatic heterocycles. The summed E-state index contributed by atoms with van der Waals surface area (Å²) in [5.41, 5.74) is 0.224. The summed E-state index contributed by atoms with van der Waals surface area (Å²) in [6, 6.07) is 6.85. The second-order valence-corrected chi connectivity index (χ2v) is 3.97. The molecule has 2 aromatic rings.